The highest BCUT2D eigenvalue weighted by molar-refractivity contribution is 5.82. The quantitative estimate of drug-likeness (QED) is 0.761. The van der Waals surface area contributed by atoms with Crippen LogP contribution >= 0.6 is 0 Å². The van der Waals surface area contributed by atoms with Crippen LogP contribution in [0.3, 0.4) is 0 Å². The summed E-state index contributed by atoms with van der Waals surface area (Å²) in [6, 6.07) is 3.63. The second-order valence-corrected chi connectivity index (χ2v) is 2.73. The Morgan fingerprint density at radius 2 is 2.50 bits per heavy atom. The van der Waals surface area contributed by atoms with Gasteiger partial charge in [0.15, 0.2) is 12.4 Å². The molecule has 14 heavy (non-hydrogen) atoms. The highest BCUT2D eigenvalue weighted by atomic mass is 16.5. The molecule has 0 unspecified atom stereocenters. The fourth-order valence-electron chi connectivity index (χ4n) is 1.18. The van der Waals surface area contributed by atoms with E-state index >= 15 is 0 Å². The van der Waals surface area contributed by atoms with Gasteiger partial charge in [0.25, 0.3) is 0 Å². The number of pyridine rings is 1. The van der Waals surface area contributed by atoms with E-state index in [-0.39, 0.29) is 6.61 Å². The molecule has 0 bridgehead atoms. The van der Waals surface area contributed by atoms with Gasteiger partial charge in [0.2, 0.25) is 0 Å². The molecule has 2 heterocycles. The van der Waals surface area contributed by atoms with Gasteiger partial charge in [-0.3, -0.25) is 4.98 Å². The number of nitrogens with one attached hydrogen (secondary N) is 1. The topological polar surface area (TPSA) is 75.2 Å². The van der Waals surface area contributed by atoms with Gasteiger partial charge in [0, 0.05) is 12.4 Å². The van der Waals surface area contributed by atoms with Crippen molar-refractivity contribution in [1.29, 1.82) is 0 Å². The first kappa shape index (κ1) is 8.55. The van der Waals surface area contributed by atoms with Gasteiger partial charge in [-0.25, -0.2) is 4.79 Å². The van der Waals surface area contributed by atoms with E-state index in [1.807, 2.05) is 6.07 Å². The lowest BCUT2D eigenvalue weighted by atomic mass is 10.4. The third kappa shape index (κ3) is 1.52. The van der Waals surface area contributed by atoms with Crippen molar-refractivity contribution < 1.29 is 14.6 Å². The van der Waals surface area contributed by atoms with Crippen molar-refractivity contribution in [1.82, 2.24) is 9.97 Å². The SMILES string of the molecule is O=C(O)COc1c[nH]c2cccnc12. The summed E-state index contributed by atoms with van der Waals surface area (Å²) in [6.45, 7) is -0.358. The van der Waals surface area contributed by atoms with Crippen LogP contribution in [-0.2, 0) is 4.79 Å². The second kappa shape index (κ2) is 3.37. The Bertz CT molecular complexity index is 464. The Kier molecular flexibility index (Phi) is 2.06. The van der Waals surface area contributed by atoms with Crippen LogP contribution in [0.15, 0.2) is 24.5 Å². The summed E-state index contributed by atoms with van der Waals surface area (Å²) in [5.74, 6) is -0.543. The fraction of sp³-hybridized carbons (Fsp3) is 0.111. The molecule has 0 amide bonds. The van der Waals surface area contributed by atoms with Crippen molar-refractivity contribution in [2.45, 2.75) is 0 Å². The maximum Gasteiger partial charge on any atom is 0.341 e. The van der Waals surface area contributed by atoms with Crippen LogP contribution in [0.25, 0.3) is 11.0 Å². The van der Waals surface area contributed by atoms with Gasteiger partial charge in [-0.15, -0.1) is 0 Å². The molecule has 5 heteroatoms. The van der Waals surface area contributed by atoms with Crippen LogP contribution in [-0.4, -0.2) is 27.7 Å². The number of rotatable bonds is 3. The summed E-state index contributed by atoms with van der Waals surface area (Å²) in [4.78, 5) is 17.3. The molecule has 0 aromatic carbocycles. The fourth-order valence-corrected chi connectivity index (χ4v) is 1.18. The molecular formula is C9H8N2O3. The minimum absolute atomic E-state index is 0.358. The minimum atomic E-state index is -1.00. The largest absolute Gasteiger partial charge is 0.479 e. The molecule has 0 saturated heterocycles. The third-order valence-electron chi connectivity index (χ3n) is 1.75. The van der Waals surface area contributed by atoms with Gasteiger partial charge >= 0.3 is 5.97 Å². The lowest BCUT2D eigenvalue weighted by Crippen LogP contribution is -2.09. The van der Waals surface area contributed by atoms with E-state index < -0.39 is 5.97 Å². The Labute approximate surface area is 79.3 Å². The number of hydrogen-bond acceptors (Lipinski definition) is 3. The van der Waals surface area contributed by atoms with Crippen LogP contribution in [0, 0.1) is 0 Å². The predicted octanol–water partition coefficient (Wildman–Crippen LogP) is 1.03. The van der Waals surface area contributed by atoms with Gasteiger partial charge < -0.3 is 14.8 Å². The van der Waals surface area contributed by atoms with Crippen molar-refractivity contribution in [3.63, 3.8) is 0 Å². The molecule has 0 aliphatic carbocycles. The maximum absolute atomic E-state index is 10.3. The van der Waals surface area contributed by atoms with E-state index in [0.717, 1.165) is 5.52 Å². The molecule has 72 valence electrons. The number of aromatic nitrogens is 2. The van der Waals surface area contributed by atoms with Crippen LogP contribution in [0.2, 0.25) is 0 Å². The minimum Gasteiger partial charge on any atom is -0.479 e. The van der Waals surface area contributed by atoms with Crippen molar-refractivity contribution in [3.8, 4) is 5.75 Å². The molecule has 2 N–H and O–H groups in total. The molecule has 2 aromatic rings. The van der Waals surface area contributed by atoms with Gasteiger partial charge in [-0.1, -0.05) is 0 Å². The highest BCUT2D eigenvalue weighted by Gasteiger charge is 2.06. The van der Waals surface area contributed by atoms with Crippen molar-refractivity contribution >= 4 is 17.0 Å². The first-order valence-electron chi connectivity index (χ1n) is 4.04. The first-order chi connectivity index (χ1) is 6.77. The molecule has 5 nitrogen and oxygen atoms in total. The maximum atomic E-state index is 10.3. The number of H-pyrrole nitrogens is 1. The Morgan fingerprint density at radius 1 is 1.64 bits per heavy atom. The van der Waals surface area contributed by atoms with E-state index in [2.05, 4.69) is 9.97 Å². The number of carbonyl (C=O) groups is 1. The van der Waals surface area contributed by atoms with Gasteiger partial charge in [-0.05, 0) is 12.1 Å². The predicted molar refractivity (Wildman–Crippen MR) is 49.2 cm³/mol. The highest BCUT2D eigenvalue weighted by Crippen LogP contribution is 2.22. The monoisotopic (exact) mass is 192 g/mol. The number of fused-ring (bicyclic) bond motifs is 1. The van der Waals surface area contributed by atoms with Crippen LogP contribution < -0.4 is 4.74 Å². The molecule has 2 aromatic heterocycles. The van der Waals surface area contributed by atoms with Crippen molar-refractivity contribution in [3.05, 3.63) is 24.5 Å². The standard InChI is InChI=1S/C9H8N2O3/c12-8(13)5-14-7-4-11-6-2-1-3-10-9(6)7/h1-4,11H,5H2,(H,12,13). The Balaban J connectivity index is 2.29. The zero-order valence-electron chi connectivity index (χ0n) is 7.23. The summed E-state index contributed by atoms with van der Waals surface area (Å²) in [6.07, 6.45) is 3.23. The summed E-state index contributed by atoms with van der Waals surface area (Å²) in [7, 11) is 0. The number of ether oxygens (including phenoxy) is 1. The Hall–Kier alpha value is -2.04. The van der Waals surface area contributed by atoms with E-state index in [4.69, 9.17) is 9.84 Å². The van der Waals surface area contributed by atoms with E-state index in [0.29, 0.717) is 11.3 Å². The molecule has 0 atom stereocenters. The van der Waals surface area contributed by atoms with Gasteiger partial charge in [-0.2, -0.15) is 0 Å². The summed E-state index contributed by atoms with van der Waals surface area (Å²) in [5.41, 5.74) is 1.47. The molecule has 0 spiro atoms. The zero-order chi connectivity index (χ0) is 9.97. The zero-order valence-corrected chi connectivity index (χ0v) is 7.23. The summed E-state index contributed by atoms with van der Waals surface area (Å²) >= 11 is 0. The summed E-state index contributed by atoms with van der Waals surface area (Å²) < 4.78 is 5.03. The van der Waals surface area contributed by atoms with E-state index in [9.17, 15) is 4.79 Å². The molecule has 0 fully saturated rings. The van der Waals surface area contributed by atoms with Crippen LogP contribution in [0.1, 0.15) is 0 Å². The van der Waals surface area contributed by atoms with Crippen LogP contribution in [0.4, 0.5) is 0 Å². The number of aromatic amines is 1. The normalized spacial score (nSPS) is 10.3. The number of carboxylic acid groups (broad SMARTS) is 1. The number of carboxylic acids is 1. The first-order valence-corrected chi connectivity index (χ1v) is 4.04. The van der Waals surface area contributed by atoms with Gasteiger partial charge in [0.05, 0.1) is 5.52 Å². The van der Waals surface area contributed by atoms with E-state index in [1.165, 1.54) is 0 Å². The molecule has 2 rings (SSSR count). The molecule has 0 aliphatic heterocycles. The molecule has 0 radical (unpaired) electrons. The van der Waals surface area contributed by atoms with Crippen molar-refractivity contribution in [2.24, 2.45) is 0 Å². The lowest BCUT2D eigenvalue weighted by molar-refractivity contribution is -0.139. The molecular weight excluding hydrogens is 184 g/mol. The van der Waals surface area contributed by atoms with Crippen molar-refractivity contribution in [2.75, 3.05) is 6.61 Å². The molecule has 0 saturated carbocycles. The summed E-state index contributed by atoms with van der Waals surface area (Å²) in [5, 5.41) is 8.43. The van der Waals surface area contributed by atoms with Crippen LogP contribution in [0.5, 0.6) is 5.75 Å². The second-order valence-electron chi connectivity index (χ2n) is 2.73. The third-order valence-corrected chi connectivity index (χ3v) is 1.75. The molecule has 0 aliphatic rings. The Morgan fingerprint density at radius 3 is 3.29 bits per heavy atom. The number of nitrogens with zero attached hydrogens (tertiary/aromatic N) is 1. The van der Waals surface area contributed by atoms with Gasteiger partial charge in [0.1, 0.15) is 5.52 Å². The lowest BCUT2D eigenvalue weighted by Gasteiger charge is -1.98. The number of aliphatic carboxylic acids is 1. The van der Waals surface area contributed by atoms with E-state index in [1.54, 1.807) is 18.5 Å². The smallest absolute Gasteiger partial charge is 0.341 e. The average molecular weight is 192 g/mol. The average Bonchev–Trinajstić information content (AvgIpc) is 2.58. The number of hydrogen-bond donors (Lipinski definition) is 2.